The van der Waals surface area contributed by atoms with Crippen molar-refractivity contribution in [3.63, 3.8) is 0 Å². The van der Waals surface area contributed by atoms with E-state index in [0.717, 1.165) is 18.8 Å². The summed E-state index contributed by atoms with van der Waals surface area (Å²) in [7, 11) is 0. The van der Waals surface area contributed by atoms with Gasteiger partial charge in [0.2, 0.25) is 0 Å². The van der Waals surface area contributed by atoms with Gasteiger partial charge in [0.25, 0.3) is 5.91 Å². The number of rotatable bonds is 4. The van der Waals surface area contributed by atoms with Crippen LogP contribution in [0.1, 0.15) is 17.4 Å². The first-order valence-electron chi connectivity index (χ1n) is 8.04. The predicted octanol–water partition coefficient (Wildman–Crippen LogP) is 1.66. The van der Waals surface area contributed by atoms with Crippen molar-refractivity contribution in [1.82, 2.24) is 19.6 Å². The monoisotopic (exact) mass is 348 g/mol. The second-order valence-electron chi connectivity index (χ2n) is 6.07. The number of carbonyl (C=O) groups is 1. The van der Waals surface area contributed by atoms with Gasteiger partial charge in [0, 0.05) is 43.9 Å². The van der Waals surface area contributed by atoms with Gasteiger partial charge in [0.15, 0.2) is 5.69 Å². The van der Waals surface area contributed by atoms with Gasteiger partial charge in [-0.05, 0) is 31.2 Å². The minimum absolute atomic E-state index is 0.0625. The minimum Gasteiger partial charge on any atom is -0.392 e. The number of aliphatic hydroxyl groups is 1. The van der Waals surface area contributed by atoms with E-state index >= 15 is 0 Å². The van der Waals surface area contributed by atoms with Crippen LogP contribution in [0.15, 0.2) is 36.5 Å². The van der Waals surface area contributed by atoms with Crippen molar-refractivity contribution < 1.29 is 9.90 Å². The van der Waals surface area contributed by atoms with Gasteiger partial charge in [-0.25, -0.2) is 4.68 Å². The Balaban J connectivity index is 1.64. The van der Waals surface area contributed by atoms with Crippen LogP contribution in [0.4, 0.5) is 0 Å². The minimum atomic E-state index is -0.347. The van der Waals surface area contributed by atoms with Gasteiger partial charge >= 0.3 is 0 Å². The van der Waals surface area contributed by atoms with E-state index in [1.165, 1.54) is 0 Å². The Labute approximate surface area is 146 Å². The summed E-state index contributed by atoms with van der Waals surface area (Å²) in [5, 5.41) is 14.5. The van der Waals surface area contributed by atoms with E-state index in [2.05, 4.69) is 10.00 Å². The molecule has 24 heavy (non-hydrogen) atoms. The highest BCUT2D eigenvalue weighted by atomic mass is 35.5. The molecule has 0 bridgehead atoms. The van der Waals surface area contributed by atoms with Gasteiger partial charge in [-0.2, -0.15) is 5.10 Å². The predicted molar refractivity (Wildman–Crippen MR) is 92.6 cm³/mol. The van der Waals surface area contributed by atoms with Crippen LogP contribution >= 0.6 is 11.6 Å². The molecule has 1 aromatic heterocycles. The number of benzene rings is 1. The Hall–Kier alpha value is -1.89. The molecule has 1 fully saturated rings. The van der Waals surface area contributed by atoms with Gasteiger partial charge in [-0.15, -0.1) is 0 Å². The lowest BCUT2D eigenvalue weighted by Gasteiger charge is -2.34. The molecule has 0 spiro atoms. The molecule has 2 heterocycles. The molecule has 128 valence electrons. The molecule has 0 saturated carbocycles. The van der Waals surface area contributed by atoms with E-state index in [9.17, 15) is 9.90 Å². The summed E-state index contributed by atoms with van der Waals surface area (Å²) in [4.78, 5) is 16.6. The molecule has 1 aliphatic rings. The fourth-order valence-corrected chi connectivity index (χ4v) is 3.05. The highest BCUT2D eigenvalue weighted by Gasteiger charge is 2.24. The number of carbonyl (C=O) groups excluding carboxylic acids is 1. The summed E-state index contributed by atoms with van der Waals surface area (Å²) >= 11 is 6.00. The van der Waals surface area contributed by atoms with Crippen LogP contribution in [0.5, 0.6) is 0 Å². The van der Waals surface area contributed by atoms with Crippen LogP contribution in [0.2, 0.25) is 5.02 Å². The summed E-state index contributed by atoms with van der Waals surface area (Å²) in [6.07, 6.45) is 1.42. The van der Waals surface area contributed by atoms with Crippen molar-refractivity contribution in [3.8, 4) is 5.69 Å². The van der Waals surface area contributed by atoms with Crippen LogP contribution in [0.25, 0.3) is 5.69 Å². The zero-order chi connectivity index (χ0) is 17.1. The number of hydrogen-bond acceptors (Lipinski definition) is 4. The Kier molecular flexibility index (Phi) is 5.18. The van der Waals surface area contributed by atoms with Crippen molar-refractivity contribution in [3.05, 3.63) is 47.2 Å². The summed E-state index contributed by atoms with van der Waals surface area (Å²) in [5.41, 5.74) is 1.25. The maximum atomic E-state index is 12.6. The fraction of sp³-hybridized carbons (Fsp3) is 0.412. The number of amides is 1. The fourth-order valence-electron chi connectivity index (χ4n) is 2.87. The van der Waals surface area contributed by atoms with Gasteiger partial charge in [0.1, 0.15) is 0 Å². The molecule has 1 aromatic carbocycles. The lowest BCUT2D eigenvalue weighted by atomic mass is 10.2. The molecule has 1 N–H and O–H groups in total. The molecule has 7 heteroatoms. The molecule has 1 atom stereocenters. The largest absolute Gasteiger partial charge is 0.392 e. The van der Waals surface area contributed by atoms with Crippen LogP contribution in [-0.4, -0.2) is 69.4 Å². The molecule has 0 unspecified atom stereocenters. The Morgan fingerprint density at radius 1 is 1.29 bits per heavy atom. The SMILES string of the molecule is C[C@H](O)CN1CCN(C(=O)c2ccn(-c3cccc(Cl)c3)n2)CC1. The molecule has 0 aliphatic carbocycles. The molecular formula is C17H21ClN4O2. The maximum absolute atomic E-state index is 12.6. The standard InChI is InChI=1S/C17H21ClN4O2/c1-13(23)12-20-7-9-21(10-8-20)17(24)16-5-6-22(19-16)15-4-2-3-14(18)11-15/h2-6,11,13,23H,7-10,12H2,1H3/t13-/m0/s1. The van der Waals surface area contributed by atoms with Crippen molar-refractivity contribution in [1.29, 1.82) is 0 Å². The zero-order valence-electron chi connectivity index (χ0n) is 13.6. The quantitative estimate of drug-likeness (QED) is 0.913. The highest BCUT2D eigenvalue weighted by molar-refractivity contribution is 6.30. The van der Waals surface area contributed by atoms with E-state index in [-0.39, 0.29) is 12.0 Å². The van der Waals surface area contributed by atoms with Crippen molar-refractivity contribution >= 4 is 17.5 Å². The first-order chi connectivity index (χ1) is 11.5. The first kappa shape index (κ1) is 17.0. The van der Waals surface area contributed by atoms with Crippen LogP contribution in [0.3, 0.4) is 0 Å². The van der Waals surface area contributed by atoms with Gasteiger partial charge in [-0.3, -0.25) is 9.69 Å². The van der Waals surface area contributed by atoms with Crippen molar-refractivity contribution in [2.24, 2.45) is 0 Å². The molecular weight excluding hydrogens is 328 g/mol. The summed E-state index contributed by atoms with van der Waals surface area (Å²) in [6.45, 7) is 5.26. The van der Waals surface area contributed by atoms with E-state index in [4.69, 9.17) is 11.6 Å². The van der Waals surface area contributed by atoms with E-state index in [1.807, 2.05) is 17.0 Å². The van der Waals surface area contributed by atoms with Gasteiger partial charge in [-0.1, -0.05) is 17.7 Å². The third-order valence-electron chi connectivity index (χ3n) is 4.06. The van der Waals surface area contributed by atoms with Crippen molar-refractivity contribution in [2.75, 3.05) is 32.7 Å². The number of nitrogens with zero attached hydrogens (tertiary/aromatic N) is 4. The molecule has 1 amide bonds. The van der Waals surface area contributed by atoms with Crippen LogP contribution < -0.4 is 0 Å². The maximum Gasteiger partial charge on any atom is 0.274 e. The lowest BCUT2D eigenvalue weighted by molar-refractivity contribution is 0.0549. The molecule has 1 aliphatic heterocycles. The summed E-state index contributed by atoms with van der Waals surface area (Å²) in [6, 6.07) is 9.07. The molecule has 3 rings (SSSR count). The van der Waals surface area contributed by atoms with E-state index < -0.39 is 0 Å². The molecule has 1 saturated heterocycles. The highest BCUT2D eigenvalue weighted by Crippen LogP contribution is 2.15. The second kappa shape index (κ2) is 7.34. The number of aliphatic hydroxyl groups excluding tert-OH is 1. The van der Waals surface area contributed by atoms with Gasteiger partial charge < -0.3 is 10.0 Å². The molecule has 2 aromatic rings. The van der Waals surface area contributed by atoms with E-state index in [0.29, 0.717) is 30.4 Å². The zero-order valence-corrected chi connectivity index (χ0v) is 14.4. The second-order valence-corrected chi connectivity index (χ2v) is 6.50. The number of β-amino-alcohol motifs (C(OH)–C–C–N with tert-alkyl or cyclic N) is 1. The van der Waals surface area contributed by atoms with Gasteiger partial charge in [0.05, 0.1) is 11.8 Å². The Bertz CT molecular complexity index is 708. The van der Waals surface area contributed by atoms with E-state index in [1.54, 1.807) is 36.0 Å². The Morgan fingerprint density at radius 2 is 2.04 bits per heavy atom. The molecule has 0 radical (unpaired) electrons. The lowest BCUT2D eigenvalue weighted by Crippen LogP contribution is -2.50. The summed E-state index contributed by atoms with van der Waals surface area (Å²) < 4.78 is 1.66. The van der Waals surface area contributed by atoms with Crippen LogP contribution in [-0.2, 0) is 0 Å². The third kappa shape index (κ3) is 3.95. The number of halogens is 1. The smallest absolute Gasteiger partial charge is 0.274 e. The average molecular weight is 349 g/mol. The number of aromatic nitrogens is 2. The number of piperazine rings is 1. The molecule has 6 nitrogen and oxygen atoms in total. The normalized spacial score (nSPS) is 17.0. The summed E-state index contributed by atoms with van der Waals surface area (Å²) in [5.74, 6) is -0.0625. The average Bonchev–Trinajstić information content (AvgIpc) is 3.04. The topological polar surface area (TPSA) is 61.6 Å². The number of hydrogen-bond donors (Lipinski definition) is 1. The van der Waals surface area contributed by atoms with Crippen molar-refractivity contribution in [2.45, 2.75) is 13.0 Å². The van der Waals surface area contributed by atoms with Crippen LogP contribution in [0, 0.1) is 0 Å². The Morgan fingerprint density at radius 3 is 2.71 bits per heavy atom. The third-order valence-corrected chi connectivity index (χ3v) is 4.30. The first-order valence-corrected chi connectivity index (χ1v) is 8.42.